The zero-order valence-electron chi connectivity index (χ0n) is 10.6. The van der Waals surface area contributed by atoms with Crippen LogP contribution in [0.1, 0.15) is 15.9 Å². The average molecular weight is 269 g/mol. The Hall–Kier alpha value is -2.69. The van der Waals surface area contributed by atoms with Crippen molar-refractivity contribution in [2.24, 2.45) is 5.73 Å². The second kappa shape index (κ2) is 4.77. The van der Waals surface area contributed by atoms with Crippen LogP contribution in [0.2, 0.25) is 0 Å². The number of primary amides is 1. The molecule has 0 spiro atoms. The first-order valence-electron chi connectivity index (χ1n) is 6.14. The number of carbonyl (C=O) groups excluding carboxylic acids is 1. The monoisotopic (exact) mass is 269 g/mol. The van der Waals surface area contributed by atoms with Crippen LogP contribution in [0, 0.1) is 5.82 Å². The van der Waals surface area contributed by atoms with Gasteiger partial charge in [0.25, 0.3) is 5.91 Å². The third kappa shape index (κ3) is 2.03. The molecule has 1 aromatic heterocycles. The summed E-state index contributed by atoms with van der Waals surface area (Å²) >= 11 is 0. The molecule has 100 valence electrons. The number of fused-ring (bicyclic) bond motifs is 1. The summed E-state index contributed by atoms with van der Waals surface area (Å²) in [5, 5.41) is 0. The minimum Gasteiger partial charge on any atom is -0.366 e. The fourth-order valence-electron chi connectivity index (χ4n) is 2.24. The summed E-state index contributed by atoms with van der Waals surface area (Å²) < 4.78 is 15.7. The van der Waals surface area contributed by atoms with Gasteiger partial charge in [0.1, 0.15) is 16.9 Å². The first-order valence-corrected chi connectivity index (χ1v) is 6.14. The van der Waals surface area contributed by atoms with Gasteiger partial charge in [-0.1, -0.05) is 30.3 Å². The summed E-state index contributed by atoms with van der Waals surface area (Å²) in [5.74, 6) is -1.03. The Balaban J connectivity index is 2.14. The van der Waals surface area contributed by atoms with Crippen molar-refractivity contribution < 1.29 is 9.18 Å². The van der Waals surface area contributed by atoms with Gasteiger partial charge in [-0.05, 0) is 17.7 Å². The maximum Gasteiger partial charge on any atom is 0.250 e. The average Bonchev–Trinajstić information content (AvgIpc) is 2.85. The topological polar surface area (TPSA) is 60.9 Å². The molecule has 1 heterocycles. The highest BCUT2D eigenvalue weighted by molar-refractivity contribution is 6.04. The van der Waals surface area contributed by atoms with Crippen LogP contribution >= 0.6 is 0 Å². The SMILES string of the molecule is NC(=O)c1ccc(F)c2c1ncn2Cc1ccccc1. The molecular formula is C15H12FN3O. The largest absolute Gasteiger partial charge is 0.366 e. The number of rotatable bonds is 3. The van der Waals surface area contributed by atoms with Crippen molar-refractivity contribution >= 4 is 16.9 Å². The first-order chi connectivity index (χ1) is 9.66. The summed E-state index contributed by atoms with van der Waals surface area (Å²) in [4.78, 5) is 15.5. The number of imidazole rings is 1. The van der Waals surface area contributed by atoms with E-state index in [2.05, 4.69) is 4.98 Å². The van der Waals surface area contributed by atoms with Gasteiger partial charge < -0.3 is 10.3 Å². The van der Waals surface area contributed by atoms with Crippen LogP contribution in [0.3, 0.4) is 0 Å². The van der Waals surface area contributed by atoms with Gasteiger partial charge in [-0.25, -0.2) is 9.37 Å². The Morgan fingerprint density at radius 1 is 1.20 bits per heavy atom. The lowest BCUT2D eigenvalue weighted by Gasteiger charge is -2.06. The van der Waals surface area contributed by atoms with Gasteiger partial charge in [-0.2, -0.15) is 0 Å². The zero-order chi connectivity index (χ0) is 14.1. The molecule has 1 amide bonds. The highest BCUT2D eigenvalue weighted by Crippen LogP contribution is 2.21. The van der Waals surface area contributed by atoms with Gasteiger partial charge in [0.2, 0.25) is 0 Å². The van der Waals surface area contributed by atoms with E-state index in [1.165, 1.54) is 18.5 Å². The van der Waals surface area contributed by atoms with E-state index in [0.29, 0.717) is 17.6 Å². The molecule has 3 aromatic rings. The molecule has 0 aliphatic carbocycles. The van der Waals surface area contributed by atoms with Crippen LogP contribution in [-0.4, -0.2) is 15.5 Å². The standard InChI is InChI=1S/C15H12FN3O/c16-12-7-6-11(15(17)20)13-14(12)19(9-18-13)8-10-4-2-1-3-5-10/h1-7,9H,8H2,(H2,17,20). The van der Waals surface area contributed by atoms with Crippen molar-refractivity contribution in [2.45, 2.75) is 6.54 Å². The van der Waals surface area contributed by atoms with E-state index >= 15 is 0 Å². The van der Waals surface area contributed by atoms with E-state index in [-0.39, 0.29) is 5.56 Å². The molecule has 2 N–H and O–H groups in total. The smallest absolute Gasteiger partial charge is 0.250 e. The number of nitrogens with zero attached hydrogens (tertiary/aromatic N) is 2. The van der Waals surface area contributed by atoms with Crippen LogP contribution in [-0.2, 0) is 6.54 Å². The Kier molecular flexibility index (Phi) is 2.95. The molecule has 0 bridgehead atoms. The highest BCUT2D eigenvalue weighted by atomic mass is 19.1. The maximum atomic E-state index is 14.0. The molecular weight excluding hydrogens is 257 g/mol. The Morgan fingerprint density at radius 3 is 2.65 bits per heavy atom. The molecule has 0 aliphatic rings. The molecule has 0 fully saturated rings. The van der Waals surface area contributed by atoms with Gasteiger partial charge in [0, 0.05) is 6.54 Å². The fraction of sp³-hybridized carbons (Fsp3) is 0.0667. The Labute approximate surface area is 114 Å². The summed E-state index contributed by atoms with van der Waals surface area (Å²) in [6.07, 6.45) is 1.52. The molecule has 2 aromatic carbocycles. The molecule has 3 rings (SSSR count). The highest BCUT2D eigenvalue weighted by Gasteiger charge is 2.15. The third-order valence-electron chi connectivity index (χ3n) is 3.18. The Bertz CT molecular complexity index is 780. The van der Waals surface area contributed by atoms with Gasteiger partial charge in [0.05, 0.1) is 11.9 Å². The van der Waals surface area contributed by atoms with Crippen molar-refractivity contribution in [1.29, 1.82) is 0 Å². The van der Waals surface area contributed by atoms with Crippen LogP contribution < -0.4 is 5.73 Å². The summed E-state index contributed by atoms with van der Waals surface area (Å²) in [7, 11) is 0. The Morgan fingerprint density at radius 2 is 1.95 bits per heavy atom. The van der Waals surface area contributed by atoms with E-state index in [0.717, 1.165) is 5.56 Å². The lowest BCUT2D eigenvalue weighted by Crippen LogP contribution is -2.12. The number of hydrogen-bond donors (Lipinski definition) is 1. The van der Waals surface area contributed by atoms with Crippen LogP contribution in [0.4, 0.5) is 4.39 Å². The van der Waals surface area contributed by atoms with Crippen molar-refractivity contribution in [3.8, 4) is 0 Å². The quantitative estimate of drug-likeness (QED) is 0.793. The summed E-state index contributed by atoms with van der Waals surface area (Å²) in [6, 6.07) is 12.2. The summed E-state index contributed by atoms with van der Waals surface area (Å²) in [5.41, 5.74) is 7.13. The normalized spacial score (nSPS) is 10.8. The predicted octanol–water partition coefficient (Wildman–Crippen LogP) is 2.32. The minimum absolute atomic E-state index is 0.230. The number of hydrogen-bond acceptors (Lipinski definition) is 2. The van der Waals surface area contributed by atoms with Gasteiger partial charge in [0.15, 0.2) is 0 Å². The molecule has 5 heteroatoms. The molecule has 0 radical (unpaired) electrons. The van der Waals surface area contributed by atoms with Crippen LogP contribution in [0.25, 0.3) is 11.0 Å². The lowest BCUT2D eigenvalue weighted by atomic mass is 10.1. The zero-order valence-corrected chi connectivity index (χ0v) is 10.6. The van der Waals surface area contributed by atoms with Crippen molar-refractivity contribution in [3.05, 3.63) is 65.7 Å². The molecule has 0 aliphatic heterocycles. The van der Waals surface area contributed by atoms with E-state index in [1.807, 2.05) is 30.3 Å². The molecule has 0 saturated carbocycles. The van der Waals surface area contributed by atoms with Crippen LogP contribution in [0.5, 0.6) is 0 Å². The van der Waals surface area contributed by atoms with Crippen LogP contribution in [0.15, 0.2) is 48.8 Å². The van der Waals surface area contributed by atoms with E-state index < -0.39 is 11.7 Å². The van der Waals surface area contributed by atoms with Gasteiger partial charge in [-0.3, -0.25) is 4.79 Å². The minimum atomic E-state index is -0.611. The predicted molar refractivity (Wildman–Crippen MR) is 73.8 cm³/mol. The van der Waals surface area contributed by atoms with Gasteiger partial charge >= 0.3 is 0 Å². The number of amides is 1. The second-order valence-electron chi connectivity index (χ2n) is 4.51. The van der Waals surface area contributed by atoms with E-state index in [4.69, 9.17) is 5.73 Å². The molecule has 0 unspecified atom stereocenters. The number of carbonyl (C=O) groups is 1. The third-order valence-corrected chi connectivity index (χ3v) is 3.18. The number of benzene rings is 2. The van der Waals surface area contributed by atoms with Crippen molar-refractivity contribution in [3.63, 3.8) is 0 Å². The lowest BCUT2D eigenvalue weighted by molar-refractivity contribution is 0.100. The number of halogens is 1. The molecule has 20 heavy (non-hydrogen) atoms. The molecule has 0 atom stereocenters. The van der Waals surface area contributed by atoms with E-state index in [1.54, 1.807) is 4.57 Å². The van der Waals surface area contributed by atoms with Gasteiger partial charge in [-0.15, -0.1) is 0 Å². The maximum absolute atomic E-state index is 14.0. The summed E-state index contributed by atoms with van der Waals surface area (Å²) in [6.45, 7) is 0.483. The van der Waals surface area contributed by atoms with E-state index in [9.17, 15) is 9.18 Å². The van der Waals surface area contributed by atoms with Crippen molar-refractivity contribution in [1.82, 2.24) is 9.55 Å². The fourth-order valence-corrected chi connectivity index (χ4v) is 2.24. The number of aromatic nitrogens is 2. The van der Waals surface area contributed by atoms with Crippen molar-refractivity contribution in [2.75, 3.05) is 0 Å². The molecule has 0 saturated heterocycles. The second-order valence-corrected chi connectivity index (χ2v) is 4.51. The molecule has 4 nitrogen and oxygen atoms in total. The number of nitrogens with two attached hydrogens (primary N) is 1. The first kappa shape index (κ1) is 12.3.